The smallest absolute Gasteiger partial charge is 0.336 e. The zero-order valence-electron chi connectivity index (χ0n) is 18.6. The molecule has 13 heteroatoms. The van der Waals surface area contributed by atoms with Gasteiger partial charge in [0.05, 0.1) is 13.2 Å². The molecule has 0 radical (unpaired) electrons. The first-order valence-electron chi connectivity index (χ1n) is 10.9. The van der Waals surface area contributed by atoms with Crippen molar-refractivity contribution < 1.29 is 59.1 Å². The van der Waals surface area contributed by atoms with Crippen LogP contribution in [0.5, 0.6) is 5.75 Å². The van der Waals surface area contributed by atoms with Crippen LogP contribution < -0.4 is 10.4 Å². The van der Waals surface area contributed by atoms with Crippen LogP contribution in [0.3, 0.4) is 0 Å². The minimum atomic E-state index is -1.76. The molecule has 0 saturated carbocycles. The first-order valence-corrected chi connectivity index (χ1v) is 10.9. The maximum absolute atomic E-state index is 11.7. The van der Waals surface area contributed by atoms with Crippen LogP contribution in [0.4, 0.5) is 0 Å². The minimum Gasteiger partial charge on any atom is -0.462 e. The van der Waals surface area contributed by atoms with Crippen molar-refractivity contribution in [1.82, 2.24) is 0 Å². The number of aliphatic hydroxyl groups excluding tert-OH is 7. The zero-order valence-corrected chi connectivity index (χ0v) is 18.6. The quantitative estimate of drug-likeness (QED) is 0.199. The molecule has 2 aliphatic rings. The van der Waals surface area contributed by atoms with Gasteiger partial charge in [0, 0.05) is 17.5 Å². The van der Waals surface area contributed by atoms with Gasteiger partial charge in [-0.25, -0.2) is 4.79 Å². The molecule has 2 aromatic rings. The zero-order chi connectivity index (χ0) is 25.4. The first kappa shape index (κ1) is 25.9. The molecule has 0 amide bonds. The predicted molar refractivity (Wildman–Crippen MR) is 114 cm³/mol. The lowest BCUT2D eigenvalue weighted by Gasteiger charge is -2.45. The highest BCUT2D eigenvalue weighted by Crippen LogP contribution is 2.31. The number of aryl methyl sites for hydroxylation is 1. The van der Waals surface area contributed by atoms with Gasteiger partial charge < -0.3 is 59.1 Å². The molecule has 0 unspecified atom stereocenters. The van der Waals surface area contributed by atoms with E-state index in [4.69, 9.17) is 23.4 Å². The Hall–Kier alpha value is -2.17. The van der Waals surface area contributed by atoms with E-state index in [-0.39, 0.29) is 11.3 Å². The fourth-order valence-corrected chi connectivity index (χ4v) is 4.17. The summed E-state index contributed by atoms with van der Waals surface area (Å²) in [6, 6.07) is 5.94. The molecule has 3 heterocycles. The monoisotopic (exact) mass is 500 g/mol. The van der Waals surface area contributed by atoms with Gasteiger partial charge in [0.15, 0.2) is 6.29 Å². The van der Waals surface area contributed by atoms with Crippen molar-refractivity contribution in [2.45, 2.75) is 68.3 Å². The topological polar surface area (TPSA) is 209 Å². The van der Waals surface area contributed by atoms with E-state index in [1.807, 2.05) is 0 Å². The lowest BCUT2D eigenvalue weighted by molar-refractivity contribution is -0.352. The summed E-state index contributed by atoms with van der Waals surface area (Å²) in [4.78, 5) is 11.7. The Labute approximate surface area is 198 Å². The van der Waals surface area contributed by atoms with Gasteiger partial charge in [-0.15, -0.1) is 0 Å². The summed E-state index contributed by atoms with van der Waals surface area (Å²) >= 11 is 0. The van der Waals surface area contributed by atoms with Crippen LogP contribution in [0, 0.1) is 6.92 Å². The maximum atomic E-state index is 11.7. The number of rotatable bonds is 6. The average molecular weight is 500 g/mol. The molecular formula is C22H28O13. The van der Waals surface area contributed by atoms with E-state index in [2.05, 4.69) is 0 Å². The number of aliphatic hydroxyl groups is 7. The summed E-state index contributed by atoms with van der Waals surface area (Å²) in [6.45, 7) is 0.352. The van der Waals surface area contributed by atoms with Crippen molar-refractivity contribution in [3.05, 3.63) is 40.2 Å². The third-order valence-corrected chi connectivity index (χ3v) is 6.14. The van der Waals surface area contributed by atoms with Crippen LogP contribution >= 0.6 is 0 Å². The fourth-order valence-electron chi connectivity index (χ4n) is 4.17. The Morgan fingerprint density at radius 1 is 0.829 bits per heavy atom. The van der Waals surface area contributed by atoms with Crippen molar-refractivity contribution >= 4 is 11.0 Å². The SMILES string of the molecule is Cc1cc(=O)oc2cc(O[C@@H]3O[C@@H](CO)[C@@H](O[C@@H]4O[C@@H](CO)[C@H](O)[C@@H](O)[C@H]4O)[C@@H](O)[C@H]3O)ccc12. The molecule has 2 saturated heterocycles. The first-order chi connectivity index (χ1) is 16.6. The standard InChI is InChI=1S/C22H28O13/c1-8-4-14(25)32-11-5-9(2-3-10(8)11)31-21-19(30)17(28)20(13(7-24)34-21)35-22-18(29)16(27)15(26)12(6-23)33-22/h2-5,12-13,15-24,26-30H,6-7H2,1H3/t12-,13-,15-,16+,17-,18+,19+,20+,21+,22-/m0/s1. The van der Waals surface area contributed by atoms with Crippen LogP contribution in [0.2, 0.25) is 0 Å². The molecule has 7 N–H and O–H groups in total. The molecule has 1 aromatic heterocycles. The van der Waals surface area contributed by atoms with Gasteiger partial charge in [0.25, 0.3) is 0 Å². The minimum absolute atomic E-state index is 0.146. The van der Waals surface area contributed by atoms with Gasteiger partial charge in [-0.2, -0.15) is 0 Å². The predicted octanol–water partition coefficient (Wildman–Crippen LogP) is -2.90. The van der Waals surface area contributed by atoms with E-state index in [1.54, 1.807) is 19.1 Å². The number of hydrogen-bond acceptors (Lipinski definition) is 13. The average Bonchev–Trinajstić information content (AvgIpc) is 2.83. The highest BCUT2D eigenvalue weighted by Gasteiger charge is 2.51. The molecule has 0 bridgehead atoms. The van der Waals surface area contributed by atoms with Crippen molar-refractivity contribution in [2.75, 3.05) is 13.2 Å². The third kappa shape index (κ3) is 5.06. The molecule has 194 valence electrons. The molecule has 0 aliphatic carbocycles. The molecule has 0 spiro atoms. The van der Waals surface area contributed by atoms with Gasteiger partial charge in [-0.05, 0) is 24.6 Å². The summed E-state index contributed by atoms with van der Waals surface area (Å²) in [7, 11) is 0. The second-order valence-electron chi connectivity index (χ2n) is 8.53. The Bertz CT molecular complexity index is 1070. The van der Waals surface area contributed by atoms with E-state index < -0.39 is 80.3 Å². The number of benzene rings is 1. The van der Waals surface area contributed by atoms with Crippen LogP contribution in [0.25, 0.3) is 11.0 Å². The Balaban J connectivity index is 1.50. The summed E-state index contributed by atoms with van der Waals surface area (Å²) < 4.78 is 27.1. The van der Waals surface area contributed by atoms with Crippen LogP contribution in [-0.4, -0.2) is 110 Å². The fraction of sp³-hybridized carbons (Fsp3) is 0.591. The lowest BCUT2D eigenvalue weighted by Crippen LogP contribution is -2.65. The van der Waals surface area contributed by atoms with E-state index in [0.29, 0.717) is 10.9 Å². The molecule has 2 fully saturated rings. The second kappa shape index (κ2) is 10.4. The summed E-state index contributed by atoms with van der Waals surface area (Å²) in [5, 5.41) is 71.1. The van der Waals surface area contributed by atoms with Gasteiger partial charge in [-0.1, -0.05) is 0 Å². The number of ether oxygens (including phenoxy) is 4. The second-order valence-corrected chi connectivity index (χ2v) is 8.53. The highest BCUT2D eigenvalue weighted by molar-refractivity contribution is 5.81. The molecule has 13 nitrogen and oxygen atoms in total. The maximum Gasteiger partial charge on any atom is 0.336 e. The number of fused-ring (bicyclic) bond motifs is 1. The van der Waals surface area contributed by atoms with Gasteiger partial charge in [0.1, 0.15) is 60.2 Å². The molecule has 10 atom stereocenters. The van der Waals surface area contributed by atoms with Crippen LogP contribution in [0.15, 0.2) is 33.5 Å². The normalized spacial score (nSPS) is 37.9. The lowest BCUT2D eigenvalue weighted by atomic mass is 9.97. The molecule has 35 heavy (non-hydrogen) atoms. The van der Waals surface area contributed by atoms with Gasteiger partial charge >= 0.3 is 5.63 Å². The van der Waals surface area contributed by atoms with E-state index in [0.717, 1.165) is 0 Å². The molecule has 2 aliphatic heterocycles. The van der Waals surface area contributed by atoms with E-state index in [1.165, 1.54) is 12.1 Å². The van der Waals surface area contributed by atoms with Crippen LogP contribution in [-0.2, 0) is 14.2 Å². The molecular weight excluding hydrogens is 472 g/mol. The Morgan fingerprint density at radius 3 is 2.17 bits per heavy atom. The van der Waals surface area contributed by atoms with Crippen molar-refractivity contribution in [3.8, 4) is 5.75 Å². The Morgan fingerprint density at radius 2 is 1.49 bits per heavy atom. The van der Waals surface area contributed by atoms with Crippen molar-refractivity contribution in [2.24, 2.45) is 0 Å². The molecule has 4 rings (SSSR count). The Kier molecular flexibility index (Phi) is 7.73. The number of hydrogen-bond donors (Lipinski definition) is 7. The van der Waals surface area contributed by atoms with E-state index >= 15 is 0 Å². The third-order valence-electron chi connectivity index (χ3n) is 6.14. The molecule has 1 aromatic carbocycles. The largest absolute Gasteiger partial charge is 0.462 e. The summed E-state index contributed by atoms with van der Waals surface area (Å²) in [6.07, 6.45) is -15.6. The van der Waals surface area contributed by atoms with Crippen LogP contribution in [0.1, 0.15) is 5.56 Å². The van der Waals surface area contributed by atoms with Gasteiger partial charge in [-0.3, -0.25) is 0 Å². The highest BCUT2D eigenvalue weighted by atomic mass is 16.7. The van der Waals surface area contributed by atoms with Crippen molar-refractivity contribution in [1.29, 1.82) is 0 Å². The summed E-state index contributed by atoms with van der Waals surface area (Å²) in [5.41, 5.74) is 0.381. The summed E-state index contributed by atoms with van der Waals surface area (Å²) in [5.74, 6) is 0.146. The van der Waals surface area contributed by atoms with Crippen molar-refractivity contribution in [3.63, 3.8) is 0 Å². The van der Waals surface area contributed by atoms with E-state index in [9.17, 15) is 40.5 Å². The van der Waals surface area contributed by atoms with Gasteiger partial charge in [0.2, 0.25) is 6.29 Å².